The molecule has 140 valence electrons. The zero-order valence-corrected chi connectivity index (χ0v) is 16.4. The van der Waals surface area contributed by atoms with Crippen LogP contribution in [0.15, 0.2) is 41.1 Å². The zero-order chi connectivity index (χ0) is 18.5. The summed E-state index contributed by atoms with van der Waals surface area (Å²) in [6, 6.07) is 9.31. The van der Waals surface area contributed by atoms with E-state index >= 15 is 0 Å². The number of pyridine rings is 1. The lowest BCUT2D eigenvalue weighted by Gasteiger charge is -2.34. The summed E-state index contributed by atoms with van der Waals surface area (Å²) in [7, 11) is 0. The van der Waals surface area contributed by atoms with Crippen molar-refractivity contribution in [1.29, 1.82) is 0 Å². The molecule has 3 heterocycles. The van der Waals surface area contributed by atoms with Gasteiger partial charge < -0.3 is 14.2 Å². The van der Waals surface area contributed by atoms with E-state index in [1.54, 1.807) is 0 Å². The Morgan fingerprint density at radius 1 is 1.07 bits per heavy atom. The molecule has 4 heteroatoms. The molecule has 1 aliphatic heterocycles. The molecule has 0 unspecified atom stereocenters. The highest BCUT2D eigenvalue weighted by molar-refractivity contribution is 6.08. The zero-order valence-electron chi connectivity index (χ0n) is 16.4. The number of fused-ring (bicyclic) bond motifs is 3. The molecule has 0 N–H and O–H groups in total. The number of aryl methyl sites for hydroxylation is 2. The molecule has 0 amide bonds. The normalized spacial score (nSPS) is 20.6. The van der Waals surface area contributed by atoms with Gasteiger partial charge in [-0.3, -0.25) is 0 Å². The van der Waals surface area contributed by atoms with Gasteiger partial charge in [-0.1, -0.05) is 31.9 Å². The predicted molar refractivity (Wildman–Crippen MR) is 111 cm³/mol. The number of nitrogens with zero attached hydrogens (tertiary/aromatic N) is 3. The SMILES string of the molecule is CCc1ccc2c(n1)oc1c(N3C=CN(C4CCCC4)[C@@H]3C)c(C)ccc12. The quantitative estimate of drug-likeness (QED) is 0.596. The minimum absolute atomic E-state index is 0.310. The first-order valence-corrected chi connectivity index (χ1v) is 10.2. The molecule has 1 saturated carbocycles. The van der Waals surface area contributed by atoms with Crippen molar-refractivity contribution < 1.29 is 4.42 Å². The molecule has 2 aromatic heterocycles. The van der Waals surface area contributed by atoms with Crippen LogP contribution in [-0.4, -0.2) is 22.1 Å². The molecule has 4 nitrogen and oxygen atoms in total. The lowest BCUT2D eigenvalue weighted by atomic mass is 10.1. The van der Waals surface area contributed by atoms with Gasteiger partial charge in [0.05, 0.1) is 5.69 Å². The highest BCUT2D eigenvalue weighted by atomic mass is 16.3. The van der Waals surface area contributed by atoms with Gasteiger partial charge in [-0.25, -0.2) is 4.98 Å². The number of aromatic nitrogens is 1. The van der Waals surface area contributed by atoms with Crippen molar-refractivity contribution >= 4 is 27.8 Å². The molecule has 1 aliphatic carbocycles. The lowest BCUT2D eigenvalue weighted by molar-refractivity contribution is 0.237. The van der Waals surface area contributed by atoms with E-state index in [9.17, 15) is 0 Å². The Bertz CT molecular complexity index is 1030. The summed E-state index contributed by atoms with van der Waals surface area (Å²) in [5.41, 5.74) is 5.19. The van der Waals surface area contributed by atoms with Crippen molar-refractivity contribution in [3.63, 3.8) is 0 Å². The molecule has 3 aromatic rings. The summed E-state index contributed by atoms with van der Waals surface area (Å²) in [4.78, 5) is 9.61. The van der Waals surface area contributed by atoms with Crippen molar-refractivity contribution in [2.75, 3.05) is 4.90 Å². The second-order valence-corrected chi connectivity index (χ2v) is 7.94. The minimum Gasteiger partial charge on any atom is -0.435 e. The van der Waals surface area contributed by atoms with Crippen LogP contribution in [0, 0.1) is 6.92 Å². The van der Waals surface area contributed by atoms with Gasteiger partial charge in [0.1, 0.15) is 6.17 Å². The number of rotatable bonds is 3. The van der Waals surface area contributed by atoms with Crippen molar-refractivity contribution in [3.8, 4) is 0 Å². The van der Waals surface area contributed by atoms with E-state index in [0.717, 1.165) is 34.2 Å². The van der Waals surface area contributed by atoms with E-state index < -0.39 is 0 Å². The summed E-state index contributed by atoms with van der Waals surface area (Å²) in [6.07, 6.45) is 11.0. The Kier molecular flexibility index (Phi) is 3.88. The van der Waals surface area contributed by atoms with E-state index in [-0.39, 0.29) is 0 Å². The molecule has 1 aromatic carbocycles. The second-order valence-electron chi connectivity index (χ2n) is 7.94. The van der Waals surface area contributed by atoms with E-state index in [2.05, 4.69) is 67.2 Å². The van der Waals surface area contributed by atoms with Gasteiger partial charge in [0.2, 0.25) is 5.71 Å². The van der Waals surface area contributed by atoms with E-state index in [4.69, 9.17) is 9.40 Å². The van der Waals surface area contributed by atoms with Crippen LogP contribution in [0.2, 0.25) is 0 Å². The molecule has 1 fully saturated rings. The van der Waals surface area contributed by atoms with Gasteiger partial charge in [-0.05, 0) is 50.8 Å². The van der Waals surface area contributed by atoms with Crippen LogP contribution in [0.5, 0.6) is 0 Å². The molecule has 2 aliphatic rings. The third kappa shape index (κ3) is 2.53. The largest absolute Gasteiger partial charge is 0.435 e. The van der Waals surface area contributed by atoms with Crippen LogP contribution in [0.4, 0.5) is 5.69 Å². The number of furan rings is 1. The van der Waals surface area contributed by atoms with Gasteiger partial charge in [0.25, 0.3) is 0 Å². The Morgan fingerprint density at radius 2 is 1.85 bits per heavy atom. The predicted octanol–water partition coefficient (Wildman–Crippen LogP) is 5.73. The molecule has 5 rings (SSSR count). The first-order chi connectivity index (χ1) is 13.2. The molecular formula is C23H27N3O. The van der Waals surface area contributed by atoms with Crippen LogP contribution < -0.4 is 4.90 Å². The van der Waals surface area contributed by atoms with Gasteiger partial charge >= 0.3 is 0 Å². The summed E-state index contributed by atoms with van der Waals surface area (Å²) in [5, 5.41) is 2.26. The van der Waals surface area contributed by atoms with Crippen LogP contribution >= 0.6 is 0 Å². The van der Waals surface area contributed by atoms with Crippen molar-refractivity contribution in [1.82, 2.24) is 9.88 Å². The summed E-state index contributed by atoms with van der Waals surface area (Å²) < 4.78 is 6.32. The fourth-order valence-electron chi connectivity index (χ4n) is 4.79. The Hall–Kier alpha value is -2.49. The minimum atomic E-state index is 0.310. The van der Waals surface area contributed by atoms with E-state index in [0.29, 0.717) is 12.2 Å². The maximum atomic E-state index is 6.32. The summed E-state index contributed by atoms with van der Waals surface area (Å²) >= 11 is 0. The van der Waals surface area contributed by atoms with Crippen LogP contribution in [0.3, 0.4) is 0 Å². The standard InChI is InChI=1S/C23H27N3O/c1-4-17-10-12-20-19-11-9-15(2)21(22(19)27-23(20)24-17)26-14-13-25(16(26)3)18-7-5-6-8-18/h9-14,16,18H,4-8H2,1-3H3/t16-/m0/s1. The molecule has 0 saturated heterocycles. The molecule has 27 heavy (non-hydrogen) atoms. The van der Waals surface area contributed by atoms with Crippen LogP contribution in [-0.2, 0) is 6.42 Å². The Labute approximate surface area is 160 Å². The maximum Gasteiger partial charge on any atom is 0.227 e. The monoisotopic (exact) mass is 361 g/mol. The van der Waals surface area contributed by atoms with E-state index in [1.165, 1.54) is 36.9 Å². The Morgan fingerprint density at radius 3 is 2.63 bits per heavy atom. The van der Waals surface area contributed by atoms with Crippen LogP contribution in [0.25, 0.3) is 22.1 Å². The number of hydrogen-bond donors (Lipinski definition) is 0. The molecular weight excluding hydrogens is 334 g/mol. The molecule has 1 atom stereocenters. The number of anilines is 1. The van der Waals surface area contributed by atoms with Gasteiger partial charge in [0, 0.05) is 34.9 Å². The summed E-state index contributed by atoms with van der Waals surface area (Å²) in [5.74, 6) is 0. The van der Waals surface area contributed by atoms with Gasteiger partial charge in [-0.15, -0.1) is 0 Å². The second kappa shape index (κ2) is 6.29. The lowest BCUT2D eigenvalue weighted by Crippen LogP contribution is -2.41. The van der Waals surface area contributed by atoms with Gasteiger partial charge in [-0.2, -0.15) is 0 Å². The fourth-order valence-corrected chi connectivity index (χ4v) is 4.79. The third-order valence-corrected chi connectivity index (χ3v) is 6.34. The molecule has 0 radical (unpaired) electrons. The molecule has 0 spiro atoms. The van der Waals surface area contributed by atoms with Crippen molar-refractivity contribution in [3.05, 3.63) is 47.9 Å². The third-order valence-electron chi connectivity index (χ3n) is 6.34. The van der Waals surface area contributed by atoms with Gasteiger partial charge in [0.15, 0.2) is 5.58 Å². The van der Waals surface area contributed by atoms with Crippen molar-refractivity contribution in [2.45, 2.75) is 65.1 Å². The first-order valence-electron chi connectivity index (χ1n) is 10.2. The highest BCUT2D eigenvalue weighted by Gasteiger charge is 2.32. The molecule has 0 bridgehead atoms. The summed E-state index contributed by atoms with van der Waals surface area (Å²) in [6.45, 7) is 6.60. The Balaban J connectivity index is 1.62. The maximum absolute atomic E-state index is 6.32. The van der Waals surface area contributed by atoms with E-state index in [1.807, 2.05) is 0 Å². The smallest absolute Gasteiger partial charge is 0.227 e. The van der Waals surface area contributed by atoms with Crippen molar-refractivity contribution in [2.24, 2.45) is 0 Å². The number of benzene rings is 1. The first kappa shape index (κ1) is 16.7. The average Bonchev–Trinajstić information content (AvgIpc) is 3.39. The van der Waals surface area contributed by atoms with Crippen LogP contribution in [0.1, 0.15) is 50.8 Å². The average molecular weight is 361 g/mol. The highest BCUT2D eigenvalue weighted by Crippen LogP contribution is 2.40. The number of hydrogen-bond acceptors (Lipinski definition) is 4. The topological polar surface area (TPSA) is 32.5 Å². The fraction of sp³-hybridized carbons (Fsp3) is 0.435.